The van der Waals surface area contributed by atoms with E-state index in [1.807, 2.05) is 24.3 Å². The SMILES string of the molecule is C=C(Cc1cc(OC)cc(OC)c1)c1ccc(O)cc1Br. The Bertz CT molecular complexity index is 643. The van der Waals surface area contributed by atoms with Crippen LogP contribution < -0.4 is 9.47 Å². The standard InChI is InChI=1S/C17H17BrO3/c1-11(16-5-4-13(19)9-17(16)18)6-12-7-14(20-2)10-15(8-12)21-3/h4-5,7-10,19H,1,6H2,2-3H3. The third kappa shape index (κ3) is 3.79. The Labute approximate surface area is 133 Å². The number of benzene rings is 2. The molecule has 0 aliphatic carbocycles. The van der Waals surface area contributed by atoms with Gasteiger partial charge in [-0.3, -0.25) is 0 Å². The number of rotatable bonds is 5. The van der Waals surface area contributed by atoms with Crippen molar-refractivity contribution in [2.75, 3.05) is 14.2 Å². The van der Waals surface area contributed by atoms with Crippen molar-refractivity contribution >= 4 is 21.5 Å². The first-order valence-electron chi connectivity index (χ1n) is 6.42. The van der Waals surface area contributed by atoms with Crippen molar-refractivity contribution in [2.24, 2.45) is 0 Å². The van der Waals surface area contributed by atoms with Gasteiger partial charge in [0.1, 0.15) is 17.2 Å². The van der Waals surface area contributed by atoms with Gasteiger partial charge in [-0.15, -0.1) is 0 Å². The second-order valence-electron chi connectivity index (χ2n) is 4.67. The van der Waals surface area contributed by atoms with E-state index in [2.05, 4.69) is 22.5 Å². The summed E-state index contributed by atoms with van der Waals surface area (Å²) >= 11 is 3.45. The maximum atomic E-state index is 9.45. The van der Waals surface area contributed by atoms with Crippen molar-refractivity contribution < 1.29 is 14.6 Å². The van der Waals surface area contributed by atoms with Gasteiger partial charge in [0.05, 0.1) is 14.2 Å². The van der Waals surface area contributed by atoms with Crippen molar-refractivity contribution in [1.29, 1.82) is 0 Å². The molecular weight excluding hydrogens is 332 g/mol. The smallest absolute Gasteiger partial charge is 0.122 e. The van der Waals surface area contributed by atoms with Gasteiger partial charge in [0.25, 0.3) is 0 Å². The molecule has 0 aliphatic rings. The van der Waals surface area contributed by atoms with Gasteiger partial charge in [0, 0.05) is 10.5 Å². The molecule has 2 rings (SSSR count). The molecule has 0 bridgehead atoms. The number of phenols is 1. The fraction of sp³-hybridized carbons (Fsp3) is 0.176. The highest BCUT2D eigenvalue weighted by atomic mass is 79.9. The van der Waals surface area contributed by atoms with Gasteiger partial charge in [0.15, 0.2) is 0 Å². The molecule has 0 spiro atoms. The fourth-order valence-corrected chi connectivity index (χ4v) is 2.75. The molecular formula is C17H17BrO3. The van der Waals surface area contributed by atoms with E-state index in [9.17, 15) is 5.11 Å². The monoisotopic (exact) mass is 348 g/mol. The van der Waals surface area contributed by atoms with Crippen LogP contribution in [0.3, 0.4) is 0 Å². The number of aromatic hydroxyl groups is 1. The highest BCUT2D eigenvalue weighted by Gasteiger charge is 2.08. The zero-order valence-electron chi connectivity index (χ0n) is 12.0. The van der Waals surface area contributed by atoms with Gasteiger partial charge < -0.3 is 14.6 Å². The summed E-state index contributed by atoms with van der Waals surface area (Å²) in [4.78, 5) is 0. The number of phenolic OH excluding ortho intramolecular Hbond substituents is 1. The lowest BCUT2D eigenvalue weighted by atomic mass is 9.99. The molecule has 0 radical (unpaired) electrons. The van der Waals surface area contributed by atoms with E-state index in [4.69, 9.17) is 9.47 Å². The van der Waals surface area contributed by atoms with Crippen molar-refractivity contribution in [3.63, 3.8) is 0 Å². The lowest BCUT2D eigenvalue weighted by molar-refractivity contribution is 0.393. The highest BCUT2D eigenvalue weighted by Crippen LogP contribution is 2.31. The number of hydrogen-bond donors (Lipinski definition) is 1. The van der Waals surface area contributed by atoms with Crippen LogP contribution in [0.15, 0.2) is 47.4 Å². The minimum Gasteiger partial charge on any atom is -0.508 e. The molecule has 0 aliphatic heterocycles. The lowest BCUT2D eigenvalue weighted by Gasteiger charge is -2.11. The minimum atomic E-state index is 0.224. The molecule has 0 saturated carbocycles. The molecule has 0 saturated heterocycles. The molecule has 3 nitrogen and oxygen atoms in total. The molecule has 110 valence electrons. The summed E-state index contributed by atoms with van der Waals surface area (Å²) in [7, 11) is 3.26. The molecule has 0 heterocycles. The minimum absolute atomic E-state index is 0.224. The molecule has 1 N–H and O–H groups in total. The Morgan fingerprint density at radius 1 is 1.10 bits per heavy atom. The van der Waals surface area contributed by atoms with E-state index < -0.39 is 0 Å². The third-order valence-corrected chi connectivity index (χ3v) is 3.82. The Morgan fingerprint density at radius 2 is 1.71 bits per heavy atom. The van der Waals surface area contributed by atoms with Gasteiger partial charge in [-0.2, -0.15) is 0 Å². The van der Waals surface area contributed by atoms with Crippen LogP contribution in [0, 0.1) is 0 Å². The largest absolute Gasteiger partial charge is 0.508 e. The first-order chi connectivity index (χ1) is 10.0. The number of allylic oxidation sites excluding steroid dienone is 1. The van der Waals surface area contributed by atoms with Gasteiger partial charge in [-0.25, -0.2) is 0 Å². The molecule has 0 aromatic heterocycles. The molecule has 0 atom stereocenters. The predicted molar refractivity (Wildman–Crippen MR) is 88.1 cm³/mol. The Morgan fingerprint density at radius 3 is 2.24 bits per heavy atom. The van der Waals surface area contributed by atoms with E-state index in [-0.39, 0.29) is 5.75 Å². The molecule has 0 fully saturated rings. The van der Waals surface area contributed by atoms with Crippen LogP contribution in [0.25, 0.3) is 5.57 Å². The van der Waals surface area contributed by atoms with Crippen LogP contribution in [-0.2, 0) is 6.42 Å². The van der Waals surface area contributed by atoms with E-state index in [0.29, 0.717) is 6.42 Å². The third-order valence-electron chi connectivity index (χ3n) is 3.16. The summed E-state index contributed by atoms with van der Waals surface area (Å²) in [6, 6.07) is 10.9. The molecule has 0 unspecified atom stereocenters. The first kappa shape index (κ1) is 15.4. The number of hydrogen-bond acceptors (Lipinski definition) is 3. The summed E-state index contributed by atoms with van der Waals surface area (Å²) in [6.45, 7) is 4.13. The van der Waals surface area contributed by atoms with Crippen LogP contribution in [-0.4, -0.2) is 19.3 Å². The van der Waals surface area contributed by atoms with Gasteiger partial charge >= 0.3 is 0 Å². The quantitative estimate of drug-likeness (QED) is 0.868. The van der Waals surface area contributed by atoms with Crippen LogP contribution in [0.1, 0.15) is 11.1 Å². The molecule has 0 amide bonds. The fourth-order valence-electron chi connectivity index (χ4n) is 2.10. The van der Waals surface area contributed by atoms with E-state index in [1.165, 1.54) is 0 Å². The average molecular weight is 349 g/mol. The van der Waals surface area contributed by atoms with Crippen molar-refractivity contribution in [3.05, 3.63) is 58.6 Å². The average Bonchev–Trinajstić information content (AvgIpc) is 2.46. The van der Waals surface area contributed by atoms with Crippen molar-refractivity contribution in [2.45, 2.75) is 6.42 Å². The summed E-state index contributed by atoms with van der Waals surface area (Å²) < 4.78 is 11.4. The molecule has 4 heteroatoms. The maximum Gasteiger partial charge on any atom is 0.122 e. The van der Waals surface area contributed by atoms with Gasteiger partial charge in [0.2, 0.25) is 0 Å². The van der Waals surface area contributed by atoms with Crippen molar-refractivity contribution in [1.82, 2.24) is 0 Å². The topological polar surface area (TPSA) is 38.7 Å². The summed E-state index contributed by atoms with van der Waals surface area (Å²) in [6.07, 6.45) is 0.664. The Kier molecular flexibility index (Phi) is 4.91. The first-order valence-corrected chi connectivity index (χ1v) is 7.21. The van der Waals surface area contributed by atoms with E-state index in [0.717, 1.165) is 32.7 Å². The van der Waals surface area contributed by atoms with Gasteiger partial charge in [-0.05, 0) is 53.5 Å². The lowest BCUT2D eigenvalue weighted by Crippen LogP contribution is -1.94. The Balaban J connectivity index is 2.26. The summed E-state index contributed by atoms with van der Waals surface area (Å²) in [5.74, 6) is 1.73. The Hall–Kier alpha value is -1.94. The number of methoxy groups -OCH3 is 2. The molecule has 21 heavy (non-hydrogen) atoms. The van der Waals surface area contributed by atoms with E-state index in [1.54, 1.807) is 26.4 Å². The van der Waals surface area contributed by atoms with Gasteiger partial charge in [-0.1, -0.05) is 22.5 Å². The number of halogens is 1. The number of ether oxygens (including phenoxy) is 2. The maximum absolute atomic E-state index is 9.45. The second kappa shape index (κ2) is 6.68. The second-order valence-corrected chi connectivity index (χ2v) is 5.52. The highest BCUT2D eigenvalue weighted by molar-refractivity contribution is 9.10. The normalized spacial score (nSPS) is 10.2. The van der Waals surface area contributed by atoms with Crippen LogP contribution in [0.4, 0.5) is 0 Å². The molecule has 2 aromatic carbocycles. The summed E-state index contributed by atoms with van der Waals surface area (Å²) in [5.41, 5.74) is 2.96. The summed E-state index contributed by atoms with van der Waals surface area (Å²) in [5, 5.41) is 9.45. The van der Waals surface area contributed by atoms with E-state index >= 15 is 0 Å². The molecule has 2 aromatic rings. The van der Waals surface area contributed by atoms with Crippen molar-refractivity contribution in [3.8, 4) is 17.2 Å². The van der Waals surface area contributed by atoms with Crippen LogP contribution >= 0.6 is 15.9 Å². The van der Waals surface area contributed by atoms with Crippen LogP contribution in [0.5, 0.6) is 17.2 Å². The zero-order chi connectivity index (χ0) is 15.4. The van der Waals surface area contributed by atoms with Crippen LogP contribution in [0.2, 0.25) is 0 Å². The predicted octanol–water partition coefficient (Wildman–Crippen LogP) is 4.43. The zero-order valence-corrected chi connectivity index (χ0v) is 13.6.